The van der Waals surface area contributed by atoms with Gasteiger partial charge in [-0.05, 0) is 12.1 Å². The van der Waals surface area contributed by atoms with E-state index in [4.69, 9.17) is 14.2 Å². The number of carbonyl (C=O) groups is 1. The van der Waals surface area contributed by atoms with Gasteiger partial charge in [-0.1, -0.05) is 6.92 Å². The summed E-state index contributed by atoms with van der Waals surface area (Å²) in [5, 5.41) is 0. The van der Waals surface area contributed by atoms with Crippen molar-refractivity contribution in [3.8, 4) is 17.2 Å². The van der Waals surface area contributed by atoms with E-state index in [0.717, 1.165) is 0 Å². The minimum Gasteiger partial charge on any atom is -0.492 e. The Balaban J connectivity index is 3.00. The second-order valence-electron chi connectivity index (χ2n) is 2.74. The number of methoxy groups -OCH3 is 2. The molecule has 0 aliphatic rings. The van der Waals surface area contributed by atoms with Crippen molar-refractivity contribution in [3.63, 3.8) is 0 Å². The summed E-state index contributed by atoms with van der Waals surface area (Å²) in [5.41, 5.74) is 0. The molecule has 0 saturated carbocycles. The largest absolute Gasteiger partial charge is 0.492 e. The average molecular weight is 209 g/mol. The normalized spacial score (nSPS) is 9.53. The van der Waals surface area contributed by atoms with Crippen molar-refractivity contribution in [2.75, 3.05) is 14.2 Å². The van der Waals surface area contributed by atoms with E-state index >= 15 is 0 Å². The summed E-state index contributed by atoms with van der Waals surface area (Å²) in [6.45, 7) is 1.72. The zero-order valence-electron chi connectivity index (χ0n) is 8.99. The van der Waals surface area contributed by atoms with Crippen LogP contribution >= 0.6 is 0 Å². The van der Waals surface area contributed by atoms with E-state index in [-0.39, 0.29) is 5.97 Å². The number of hydrogen-bond acceptors (Lipinski definition) is 4. The third kappa shape index (κ3) is 2.62. The molecule has 81 valence electrons. The molecular weight excluding hydrogens is 196 g/mol. The van der Waals surface area contributed by atoms with Crippen molar-refractivity contribution < 1.29 is 19.0 Å². The van der Waals surface area contributed by atoms with Gasteiger partial charge < -0.3 is 14.2 Å². The molecule has 0 bridgehead atoms. The Kier molecular flexibility index (Phi) is 3.97. The monoisotopic (exact) mass is 209 g/mol. The Morgan fingerprint density at radius 3 is 2.67 bits per heavy atom. The lowest BCUT2D eigenvalue weighted by Crippen LogP contribution is -2.07. The highest BCUT2D eigenvalue weighted by molar-refractivity contribution is 5.73. The van der Waals surface area contributed by atoms with E-state index in [0.29, 0.717) is 23.7 Å². The Morgan fingerprint density at radius 1 is 1.40 bits per heavy atom. The molecule has 0 spiro atoms. The molecule has 0 atom stereocenters. The van der Waals surface area contributed by atoms with E-state index in [1.54, 1.807) is 19.1 Å². The minimum absolute atomic E-state index is 0.310. The number of ether oxygens (including phenoxy) is 3. The van der Waals surface area contributed by atoms with Crippen molar-refractivity contribution >= 4 is 5.97 Å². The lowest BCUT2D eigenvalue weighted by molar-refractivity contribution is -0.134. The topological polar surface area (TPSA) is 44.8 Å². The summed E-state index contributed by atoms with van der Waals surface area (Å²) in [6.07, 6.45) is 0.310. The highest BCUT2D eigenvalue weighted by atomic mass is 16.6. The van der Waals surface area contributed by atoms with Crippen LogP contribution < -0.4 is 14.2 Å². The summed E-state index contributed by atoms with van der Waals surface area (Å²) in [7, 11) is 2.98. The van der Waals surface area contributed by atoms with Gasteiger partial charge in [0.1, 0.15) is 0 Å². The van der Waals surface area contributed by atoms with Crippen LogP contribution in [0.25, 0.3) is 0 Å². The van der Waals surface area contributed by atoms with Crippen LogP contribution in [0.2, 0.25) is 0 Å². The van der Waals surface area contributed by atoms with Gasteiger partial charge in [0, 0.05) is 12.5 Å². The van der Waals surface area contributed by atoms with Crippen LogP contribution in [-0.4, -0.2) is 20.2 Å². The molecule has 0 N–H and O–H groups in total. The second kappa shape index (κ2) is 5.24. The number of rotatable bonds is 4. The first-order valence-corrected chi connectivity index (χ1v) is 4.56. The lowest BCUT2D eigenvalue weighted by atomic mass is 10.3. The zero-order valence-corrected chi connectivity index (χ0v) is 8.99. The SMILES string of the molecule is CCC(=O)Oc1cc[c]c(OC)c1OC. The smallest absolute Gasteiger partial charge is 0.311 e. The fourth-order valence-electron chi connectivity index (χ4n) is 1.07. The minimum atomic E-state index is -0.318. The van der Waals surface area contributed by atoms with Gasteiger partial charge in [-0.3, -0.25) is 4.79 Å². The molecule has 0 unspecified atom stereocenters. The molecule has 0 aliphatic carbocycles. The number of hydrogen-bond donors (Lipinski definition) is 0. The quantitative estimate of drug-likeness (QED) is 0.560. The van der Waals surface area contributed by atoms with E-state index < -0.39 is 0 Å². The summed E-state index contributed by atoms with van der Waals surface area (Å²) in [6, 6.07) is 6.05. The fraction of sp³-hybridized carbons (Fsp3) is 0.364. The van der Waals surface area contributed by atoms with Gasteiger partial charge >= 0.3 is 5.97 Å². The molecule has 1 aromatic rings. The predicted octanol–water partition coefficient (Wildman–Crippen LogP) is 1.82. The second-order valence-corrected chi connectivity index (χ2v) is 2.74. The first-order valence-electron chi connectivity index (χ1n) is 4.56. The molecule has 15 heavy (non-hydrogen) atoms. The Bertz CT molecular complexity index is 346. The van der Waals surface area contributed by atoms with Crippen molar-refractivity contribution in [3.05, 3.63) is 18.2 Å². The lowest BCUT2D eigenvalue weighted by Gasteiger charge is -2.11. The maximum atomic E-state index is 11.1. The van der Waals surface area contributed by atoms with Crippen LogP contribution in [0.15, 0.2) is 12.1 Å². The van der Waals surface area contributed by atoms with Gasteiger partial charge in [0.15, 0.2) is 11.5 Å². The van der Waals surface area contributed by atoms with Crippen LogP contribution in [0.4, 0.5) is 0 Å². The molecule has 1 aromatic carbocycles. The van der Waals surface area contributed by atoms with Crippen molar-refractivity contribution in [2.45, 2.75) is 13.3 Å². The first-order chi connectivity index (χ1) is 7.22. The summed E-state index contributed by atoms with van der Waals surface area (Å²) in [5.74, 6) is 0.821. The van der Waals surface area contributed by atoms with Gasteiger partial charge in [0.05, 0.1) is 14.2 Å². The molecule has 0 saturated heterocycles. The fourth-order valence-corrected chi connectivity index (χ4v) is 1.07. The standard InChI is InChI=1S/C11H13O4/c1-4-10(12)15-9-7-5-6-8(13-2)11(9)14-3/h5,7H,4H2,1-3H3. The molecular formula is C11H13O4. The van der Waals surface area contributed by atoms with Crippen LogP contribution in [-0.2, 0) is 4.79 Å². The van der Waals surface area contributed by atoms with Crippen LogP contribution in [0.3, 0.4) is 0 Å². The van der Waals surface area contributed by atoms with Gasteiger partial charge in [-0.25, -0.2) is 0 Å². The Labute approximate surface area is 88.8 Å². The zero-order chi connectivity index (χ0) is 11.3. The highest BCUT2D eigenvalue weighted by Gasteiger charge is 2.13. The van der Waals surface area contributed by atoms with E-state index in [1.165, 1.54) is 14.2 Å². The molecule has 0 heterocycles. The molecule has 1 radical (unpaired) electrons. The number of benzene rings is 1. The highest BCUT2D eigenvalue weighted by Crippen LogP contribution is 2.36. The average Bonchev–Trinajstić information content (AvgIpc) is 2.28. The molecule has 0 fully saturated rings. The number of carbonyl (C=O) groups excluding carboxylic acids is 1. The molecule has 4 nitrogen and oxygen atoms in total. The van der Waals surface area contributed by atoms with E-state index in [1.807, 2.05) is 0 Å². The maximum Gasteiger partial charge on any atom is 0.311 e. The van der Waals surface area contributed by atoms with E-state index in [9.17, 15) is 4.79 Å². The molecule has 0 aliphatic heterocycles. The van der Waals surface area contributed by atoms with Crippen molar-refractivity contribution in [2.24, 2.45) is 0 Å². The summed E-state index contributed by atoms with van der Waals surface area (Å²) < 4.78 is 15.2. The molecule has 4 heteroatoms. The Hall–Kier alpha value is -1.71. The first kappa shape index (κ1) is 11.4. The van der Waals surface area contributed by atoms with Crippen molar-refractivity contribution in [1.29, 1.82) is 0 Å². The van der Waals surface area contributed by atoms with Crippen LogP contribution in [0, 0.1) is 6.07 Å². The molecule has 0 aromatic heterocycles. The van der Waals surface area contributed by atoms with Gasteiger partial charge in [-0.15, -0.1) is 0 Å². The van der Waals surface area contributed by atoms with Crippen molar-refractivity contribution in [1.82, 2.24) is 0 Å². The van der Waals surface area contributed by atoms with Gasteiger partial charge in [0.2, 0.25) is 5.75 Å². The third-order valence-corrected chi connectivity index (χ3v) is 1.80. The van der Waals surface area contributed by atoms with Crippen LogP contribution in [0.1, 0.15) is 13.3 Å². The summed E-state index contributed by atoms with van der Waals surface area (Å²) in [4.78, 5) is 11.1. The molecule has 1 rings (SSSR count). The van der Waals surface area contributed by atoms with E-state index in [2.05, 4.69) is 6.07 Å². The van der Waals surface area contributed by atoms with Gasteiger partial charge in [-0.2, -0.15) is 0 Å². The summed E-state index contributed by atoms with van der Waals surface area (Å²) >= 11 is 0. The Morgan fingerprint density at radius 2 is 2.13 bits per heavy atom. The third-order valence-electron chi connectivity index (χ3n) is 1.80. The predicted molar refractivity (Wildman–Crippen MR) is 54.3 cm³/mol. The number of esters is 1. The van der Waals surface area contributed by atoms with Crippen LogP contribution in [0.5, 0.6) is 17.2 Å². The van der Waals surface area contributed by atoms with Gasteiger partial charge in [0.25, 0.3) is 0 Å². The maximum absolute atomic E-state index is 11.1. The molecule has 0 amide bonds.